The lowest BCUT2D eigenvalue weighted by Gasteiger charge is -2.37. The number of nitrogens with zero attached hydrogens (tertiary/aromatic N) is 1. The highest BCUT2D eigenvalue weighted by atomic mass is 16.5. The second-order valence-corrected chi connectivity index (χ2v) is 5.39. The van der Waals surface area contributed by atoms with E-state index in [0.29, 0.717) is 12.8 Å². The summed E-state index contributed by atoms with van der Waals surface area (Å²) >= 11 is 0. The Kier molecular flexibility index (Phi) is 5.40. The van der Waals surface area contributed by atoms with Crippen molar-refractivity contribution in [3.63, 3.8) is 0 Å². The number of aliphatic hydroxyl groups excluding tert-OH is 1. The molecule has 1 fully saturated rings. The number of ether oxygens (including phenoxy) is 1. The van der Waals surface area contributed by atoms with Crippen molar-refractivity contribution in [2.24, 2.45) is 0 Å². The Hall–Kier alpha value is -0.610. The van der Waals surface area contributed by atoms with Crippen LogP contribution in [0.25, 0.3) is 0 Å². The Bertz CT molecular complexity index is 251. The van der Waals surface area contributed by atoms with Crippen LogP contribution >= 0.6 is 0 Å². The fourth-order valence-electron chi connectivity index (χ4n) is 2.32. The van der Waals surface area contributed by atoms with Crippen molar-refractivity contribution in [3.05, 3.63) is 0 Å². The summed E-state index contributed by atoms with van der Waals surface area (Å²) in [6.45, 7) is 4.83. The molecule has 17 heavy (non-hydrogen) atoms. The van der Waals surface area contributed by atoms with Gasteiger partial charge in [-0.1, -0.05) is 0 Å². The zero-order valence-corrected chi connectivity index (χ0v) is 11.2. The molecule has 0 saturated carbocycles. The molecule has 1 unspecified atom stereocenters. The SMILES string of the molecule is COC(C)(C)CC(=O)N1CCCCC1CCO. The molecule has 100 valence electrons. The molecular weight excluding hydrogens is 218 g/mol. The van der Waals surface area contributed by atoms with Gasteiger partial charge >= 0.3 is 0 Å². The first-order valence-electron chi connectivity index (χ1n) is 6.45. The Labute approximate surface area is 104 Å². The van der Waals surface area contributed by atoms with E-state index in [0.717, 1.165) is 25.8 Å². The maximum absolute atomic E-state index is 12.2. The molecule has 1 amide bonds. The maximum Gasteiger partial charge on any atom is 0.225 e. The zero-order valence-electron chi connectivity index (χ0n) is 11.2. The number of hydrogen-bond donors (Lipinski definition) is 1. The predicted octanol–water partition coefficient (Wildman–Crippen LogP) is 1.56. The van der Waals surface area contributed by atoms with Crippen molar-refractivity contribution >= 4 is 5.91 Å². The lowest BCUT2D eigenvalue weighted by atomic mass is 9.97. The average Bonchev–Trinajstić information content (AvgIpc) is 2.29. The number of carbonyl (C=O) groups excluding carboxylic acids is 1. The Morgan fingerprint density at radius 2 is 2.18 bits per heavy atom. The smallest absolute Gasteiger partial charge is 0.225 e. The van der Waals surface area contributed by atoms with E-state index in [4.69, 9.17) is 9.84 Å². The topological polar surface area (TPSA) is 49.8 Å². The molecule has 1 rings (SSSR count). The number of hydrogen-bond acceptors (Lipinski definition) is 3. The molecule has 0 aromatic heterocycles. The van der Waals surface area contributed by atoms with Crippen molar-refractivity contribution in [2.75, 3.05) is 20.3 Å². The van der Waals surface area contributed by atoms with Crippen LogP contribution in [0.1, 0.15) is 46.0 Å². The molecule has 1 aliphatic rings. The van der Waals surface area contributed by atoms with Gasteiger partial charge in [-0.15, -0.1) is 0 Å². The third kappa shape index (κ3) is 4.28. The number of aliphatic hydroxyl groups is 1. The van der Waals surface area contributed by atoms with Crippen molar-refractivity contribution in [1.29, 1.82) is 0 Å². The molecule has 1 saturated heterocycles. The van der Waals surface area contributed by atoms with Gasteiger partial charge in [-0.3, -0.25) is 4.79 Å². The van der Waals surface area contributed by atoms with Crippen molar-refractivity contribution in [2.45, 2.75) is 57.6 Å². The number of carbonyl (C=O) groups is 1. The molecule has 0 aromatic rings. The van der Waals surface area contributed by atoms with Crippen LogP contribution in [-0.4, -0.2) is 47.8 Å². The quantitative estimate of drug-likeness (QED) is 0.797. The van der Waals surface area contributed by atoms with E-state index < -0.39 is 5.60 Å². The largest absolute Gasteiger partial charge is 0.396 e. The molecule has 0 aliphatic carbocycles. The minimum Gasteiger partial charge on any atom is -0.396 e. The monoisotopic (exact) mass is 243 g/mol. The number of amides is 1. The van der Waals surface area contributed by atoms with Crippen LogP contribution in [-0.2, 0) is 9.53 Å². The van der Waals surface area contributed by atoms with Gasteiger partial charge in [0, 0.05) is 26.3 Å². The highest BCUT2D eigenvalue weighted by molar-refractivity contribution is 5.77. The third-order valence-electron chi connectivity index (χ3n) is 3.54. The molecule has 1 aliphatic heterocycles. The van der Waals surface area contributed by atoms with E-state index in [1.165, 1.54) is 0 Å². The van der Waals surface area contributed by atoms with E-state index in [1.807, 2.05) is 18.7 Å². The first-order valence-corrected chi connectivity index (χ1v) is 6.45. The normalized spacial score (nSPS) is 21.6. The molecule has 4 heteroatoms. The molecule has 0 radical (unpaired) electrons. The van der Waals surface area contributed by atoms with Gasteiger partial charge in [0.05, 0.1) is 12.0 Å². The average molecular weight is 243 g/mol. The summed E-state index contributed by atoms with van der Waals surface area (Å²) in [7, 11) is 1.63. The van der Waals surface area contributed by atoms with Crippen molar-refractivity contribution < 1.29 is 14.6 Å². The molecule has 0 spiro atoms. The lowest BCUT2D eigenvalue weighted by Crippen LogP contribution is -2.46. The summed E-state index contributed by atoms with van der Waals surface area (Å²) in [5, 5.41) is 9.03. The first kappa shape index (κ1) is 14.5. The van der Waals surface area contributed by atoms with Crippen molar-refractivity contribution in [1.82, 2.24) is 4.90 Å². The summed E-state index contributed by atoms with van der Waals surface area (Å²) < 4.78 is 5.30. The highest BCUT2D eigenvalue weighted by Crippen LogP contribution is 2.23. The second-order valence-electron chi connectivity index (χ2n) is 5.39. The first-order chi connectivity index (χ1) is 8.00. The minimum absolute atomic E-state index is 0.148. The van der Waals surface area contributed by atoms with Crippen molar-refractivity contribution in [3.8, 4) is 0 Å². The molecule has 4 nitrogen and oxygen atoms in total. The van der Waals surface area contributed by atoms with Gasteiger partial charge in [-0.2, -0.15) is 0 Å². The standard InChI is InChI=1S/C13H25NO3/c1-13(2,17-3)10-12(16)14-8-5-4-6-11(14)7-9-15/h11,15H,4-10H2,1-3H3. The minimum atomic E-state index is -0.404. The number of likely N-dealkylation sites (tertiary alicyclic amines) is 1. The second kappa shape index (κ2) is 6.36. The number of piperidine rings is 1. The zero-order chi connectivity index (χ0) is 12.9. The fourth-order valence-corrected chi connectivity index (χ4v) is 2.32. The number of rotatable bonds is 5. The predicted molar refractivity (Wildman–Crippen MR) is 66.8 cm³/mol. The molecule has 0 bridgehead atoms. The van der Waals surface area contributed by atoms with Gasteiger partial charge in [0.2, 0.25) is 5.91 Å². The van der Waals surface area contributed by atoms with E-state index in [2.05, 4.69) is 0 Å². The fraction of sp³-hybridized carbons (Fsp3) is 0.923. The Morgan fingerprint density at radius 1 is 1.47 bits per heavy atom. The lowest BCUT2D eigenvalue weighted by molar-refractivity contribution is -0.140. The van der Waals surface area contributed by atoms with Gasteiger partial charge < -0.3 is 14.7 Å². The van der Waals surface area contributed by atoms with E-state index in [1.54, 1.807) is 7.11 Å². The van der Waals surface area contributed by atoms with Crippen LogP contribution < -0.4 is 0 Å². The molecule has 1 N–H and O–H groups in total. The van der Waals surface area contributed by atoms with Crippen LogP contribution in [0.3, 0.4) is 0 Å². The van der Waals surface area contributed by atoms with Crippen LogP contribution in [0.2, 0.25) is 0 Å². The van der Waals surface area contributed by atoms with Gasteiger partial charge in [0.15, 0.2) is 0 Å². The van der Waals surface area contributed by atoms with E-state index >= 15 is 0 Å². The Morgan fingerprint density at radius 3 is 2.76 bits per heavy atom. The molecule has 1 atom stereocenters. The Balaban J connectivity index is 2.58. The van der Waals surface area contributed by atoms with Crippen LogP contribution in [0.5, 0.6) is 0 Å². The van der Waals surface area contributed by atoms with Gasteiger partial charge in [0.25, 0.3) is 0 Å². The van der Waals surface area contributed by atoms with Crippen LogP contribution in [0, 0.1) is 0 Å². The van der Waals surface area contributed by atoms with Gasteiger partial charge in [-0.25, -0.2) is 0 Å². The molecule has 0 aromatic carbocycles. The summed E-state index contributed by atoms with van der Waals surface area (Å²) in [6, 6.07) is 0.217. The molecular formula is C13H25NO3. The van der Waals surface area contributed by atoms with E-state index in [-0.39, 0.29) is 18.6 Å². The van der Waals surface area contributed by atoms with Crippen LogP contribution in [0.4, 0.5) is 0 Å². The molecule has 1 heterocycles. The summed E-state index contributed by atoms with van der Waals surface area (Å²) in [6.07, 6.45) is 4.34. The van der Waals surface area contributed by atoms with Crippen LogP contribution in [0.15, 0.2) is 0 Å². The van der Waals surface area contributed by atoms with Gasteiger partial charge in [-0.05, 0) is 39.5 Å². The maximum atomic E-state index is 12.2. The van der Waals surface area contributed by atoms with E-state index in [9.17, 15) is 4.79 Å². The number of methoxy groups -OCH3 is 1. The highest BCUT2D eigenvalue weighted by Gasteiger charge is 2.30. The summed E-state index contributed by atoms with van der Waals surface area (Å²) in [5.74, 6) is 0.148. The summed E-state index contributed by atoms with van der Waals surface area (Å²) in [5.41, 5.74) is -0.404. The summed E-state index contributed by atoms with van der Waals surface area (Å²) in [4.78, 5) is 14.2. The third-order valence-corrected chi connectivity index (χ3v) is 3.54. The van der Waals surface area contributed by atoms with Gasteiger partial charge in [0.1, 0.15) is 0 Å².